The lowest BCUT2D eigenvalue weighted by atomic mass is 9.98. The third-order valence-corrected chi connectivity index (χ3v) is 3.96. The molecule has 0 saturated heterocycles. The average molecular weight is 376 g/mol. The Bertz CT molecular complexity index is 747. The van der Waals surface area contributed by atoms with Gasteiger partial charge in [-0.15, -0.1) is 0 Å². The quantitative estimate of drug-likeness (QED) is 0.670. The molecule has 0 aliphatic carbocycles. The minimum absolute atomic E-state index is 0.424. The highest BCUT2D eigenvalue weighted by molar-refractivity contribution is 14.1. The first-order valence-corrected chi connectivity index (χ1v) is 7.32. The van der Waals surface area contributed by atoms with Crippen molar-refractivity contribution in [2.75, 3.05) is 5.73 Å². The fourth-order valence-electron chi connectivity index (χ4n) is 2.21. The van der Waals surface area contributed by atoms with Gasteiger partial charge in [-0.05, 0) is 52.8 Å². The van der Waals surface area contributed by atoms with Crippen LogP contribution in [0.4, 0.5) is 5.82 Å². The van der Waals surface area contributed by atoms with Crippen molar-refractivity contribution in [1.82, 2.24) is 5.16 Å². The van der Waals surface area contributed by atoms with Crippen molar-refractivity contribution in [3.05, 3.63) is 57.7 Å². The van der Waals surface area contributed by atoms with E-state index in [0.717, 1.165) is 22.3 Å². The molecule has 0 unspecified atom stereocenters. The summed E-state index contributed by atoms with van der Waals surface area (Å²) in [7, 11) is 0. The van der Waals surface area contributed by atoms with Crippen LogP contribution in [0.2, 0.25) is 0 Å². The second-order valence-electron chi connectivity index (χ2n) is 4.59. The Hall–Kier alpha value is -1.82. The van der Waals surface area contributed by atoms with Crippen molar-refractivity contribution >= 4 is 28.4 Å². The molecule has 20 heavy (non-hydrogen) atoms. The lowest BCUT2D eigenvalue weighted by Crippen LogP contribution is -1.90. The zero-order valence-corrected chi connectivity index (χ0v) is 13.1. The second kappa shape index (κ2) is 5.28. The summed E-state index contributed by atoms with van der Waals surface area (Å²) in [5, 5.41) is 3.93. The summed E-state index contributed by atoms with van der Waals surface area (Å²) in [6.07, 6.45) is 0. The van der Waals surface area contributed by atoms with Crippen molar-refractivity contribution in [3.8, 4) is 22.5 Å². The molecular formula is C16H13IN2O. The molecule has 4 heteroatoms. The van der Waals surface area contributed by atoms with Crippen LogP contribution in [0.15, 0.2) is 53.1 Å². The Kier molecular flexibility index (Phi) is 3.48. The normalized spacial score (nSPS) is 10.7. The molecule has 0 aliphatic rings. The van der Waals surface area contributed by atoms with Crippen molar-refractivity contribution in [2.24, 2.45) is 0 Å². The number of nitrogens with zero attached hydrogens (tertiary/aromatic N) is 1. The van der Waals surface area contributed by atoms with Gasteiger partial charge in [0.15, 0.2) is 11.6 Å². The fraction of sp³-hybridized carbons (Fsp3) is 0.0625. The van der Waals surface area contributed by atoms with E-state index >= 15 is 0 Å². The van der Waals surface area contributed by atoms with Gasteiger partial charge >= 0.3 is 0 Å². The molecule has 0 saturated carbocycles. The topological polar surface area (TPSA) is 52.0 Å². The third kappa shape index (κ3) is 2.31. The summed E-state index contributed by atoms with van der Waals surface area (Å²) in [6.45, 7) is 2.06. The third-order valence-electron chi connectivity index (χ3n) is 3.24. The molecule has 1 heterocycles. The van der Waals surface area contributed by atoms with E-state index in [-0.39, 0.29) is 0 Å². The number of hydrogen-bond acceptors (Lipinski definition) is 3. The van der Waals surface area contributed by atoms with Crippen LogP contribution in [0.1, 0.15) is 5.56 Å². The molecule has 0 spiro atoms. The first-order chi connectivity index (χ1) is 9.66. The maximum atomic E-state index is 6.00. The number of aryl methyl sites for hydroxylation is 1. The van der Waals surface area contributed by atoms with E-state index in [1.165, 1.54) is 3.57 Å². The number of nitrogens with two attached hydrogens (primary N) is 1. The van der Waals surface area contributed by atoms with E-state index in [4.69, 9.17) is 10.3 Å². The molecule has 100 valence electrons. The van der Waals surface area contributed by atoms with Gasteiger partial charge in [0.2, 0.25) is 0 Å². The van der Waals surface area contributed by atoms with Crippen LogP contribution < -0.4 is 5.73 Å². The second-order valence-corrected chi connectivity index (χ2v) is 5.84. The Morgan fingerprint density at radius 3 is 2.45 bits per heavy atom. The van der Waals surface area contributed by atoms with Gasteiger partial charge in [-0.25, -0.2) is 0 Å². The molecule has 3 aromatic rings. The molecular weight excluding hydrogens is 363 g/mol. The zero-order chi connectivity index (χ0) is 14.1. The van der Waals surface area contributed by atoms with E-state index in [2.05, 4.69) is 40.7 Å². The highest BCUT2D eigenvalue weighted by Gasteiger charge is 2.18. The van der Waals surface area contributed by atoms with E-state index in [9.17, 15) is 0 Å². The molecule has 3 rings (SSSR count). The molecule has 3 nitrogen and oxygen atoms in total. The molecule has 1 aromatic heterocycles. The fourth-order valence-corrected chi connectivity index (χ4v) is 2.57. The summed E-state index contributed by atoms with van der Waals surface area (Å²) < 4.78 is 6.63. The lowest BCUT2D eigenvalue weighted by Gasteiger charge is -2.06. The van der Waals surface area contributed by atoms with Gasteiger partial charge in [0.1, 0.15) is 0 Å². The SMILES string of the molecule is Cc1ccccc1-c1c(N)noc1-c1ccc(I)cc1. The first-order valence-electron chi connectivity index (χ1n) is 6.24. The van der Waals surface area contributed by atoms with Gasteiger partial charge in [-0.2, -0.15) is 0 Å². The summed E-state index contributed by atoms with van der Waals surface area (Å²) in [4.78, 5) is 0. The first kappa shape index (κ1) is 13.2. The van der Waals surface area contributed by atoms with Crippen LogP contribution >= 0.6 is 22.6 Å². The average Bonchev–Trinajstić information content (AvgIpc) is 2.82. The molecule has 2 N–H and O–H groups in total. The Balaban J connectivity index is 2.20. The van der Waals surface area contributed by atoms with Crippen molar-refractivity contribution in [2.45, 2.75) is 6.92 Å². The number of aromatic nitrogens is 1. The Morgan fingerprint density at radius 2 is 1.75 bits per heavy atom. The summed E-state index contributed by atoms with van der Waals surface area (Å²) in [6, 6.07) is 16.2. The monoisotopic (exact) mass is 376 g/mol. The molecule has 0 fully saturated rings. The molecule has 0 amide bonds. The summed E-state index contributed by atoms with van der Waals surface area (Å²) >= 11 is 2.28. The van der Waals surface area contributed by atoms with E-state index in [1.54, 1.807) is 0 Å². The Labute approximate surface area is 130 Å². The summed E-state index contributed by atoms with van der Waals surface area (Å²) in [5.41, 5.74) is 10.1. The zero-order valence-electron chi connectivity index (χ0n) is 10.9. The maximum Gasteiger partial charge on any atom is 0.176 e. The molecule has 0 bridgehead atoms. The van der Waals surface area contributed by atoms with E-state index in [0.29, 0.717) is 11.6 Å². The number of rotatable bonds is 2. The molecule has 2 aromatic carbocycles. The van der Waals surface area contributed by atoms with Crippen LogP contribution in [0.3, 0.4) is 0 Å². The number of halogens is 1. The van der Waals surface area contributed by atoms with Crippen LogP contribution in [-0.4, -0.2) is 5.16 Å². The van der Waals surface area contributed by atoms with Gasteiger partial charge in [-0.1, -0.05) is 41.6 Å². The van der Waals surface area contributed by atoms with Gasteiger partial charge < -0.3 is 10.3 Å². The van der Waals surface area contributed by atoms with Crippen molar-refractivity contribution in [3.63, 3.8) is 0 Å². The standard InChI is InChI=1S/C16H13IN2O/c1-10-4-2-3-5-13(10)14-15(20-19-16(14)18)11-6-8-12(17)9-7-11/h2-9H,1H3,(H2,18,19). The summed E-state index contributed by atoms with van der Waals surface area (Å²) in [5.74, 6) is 1.14. The number of benzene rings is 2. The number of anilines is 1. The van der Waals surface area contributed by atoms with E-state index < -0.39 is 0 Å². The lowest BCUT2D eigenvalue weighted by molar-refractivity contribution is 0.436. The minimum Gasteiger partial charge on any atom is -0.380 e. The minimum atomic E-state index is 0.424. The largest absolute Gasteiger partial charge is 0.380 e. The highest BCUT2D eigenvalue weighted by atomic mass is 127. The number of hydrogen-bond donors (Lipinski definition) is 1. The predicted octanol–water partition coefficient (Wildman–Crippen LogP) is 4.50. The predicted molar refractivity (Wildman–Crippen MR) is 89.2 cm³/mol. The Morgan fingerprint density at radius 1 is 1.05 bits per heavy atom. The van der Waals surface area contributed by atoms with Crippen LogP contribution in [0, 0.1) is 10.5 Å². The van der Waals surface area contributed by atoms with Crippen LogP contribution in [-0.2, 0) is 0 Å². The van der Waals surface area contributed by atoms with Gasteiger partial charge in [0, 0.05) is 9.13 Å². The van der Waals surface area contributed by atoms with Crippen LogP contribution in [0.25, 0.3) is 22.5 Å². The highest BCUT2D eigenvalue weighted by Crippen LogP contribution is 2.37. The molecule has 0 atom stereocenters. The van der Waals surface area contributed by atoms with Gasteiger partial charge in [-0.3, -0.25) is 0 Å². The van der Waals surface area contributed by atoms with E-state index in [1.807, 2.05) is 42.5 Å². The van der Waals surface area contributed by atoms with Crippen LogP contribution in [0.5, 0.6) is 0 Å². The number of nitrogen functional groups attached to an aromatic ring is 1. The van der Waals surface area contributed by atoms with Gasteiger partial charge in [0.05, 0.1) is 5.56 Å². The van der Waals surface area contributed by atoms with Gasteiger partial charge in [0.25, 0.3) is 0 Å². The molecule has 0 radical (unpaired) electrons. The smallest absolute Gasteiger partial charge is 0.176 e. The van der Waals surface area contributed by atoms with Crippen molar-refractivity contribution < 1.29 is 4.52 Å². The van der Waals surface area contributed by atoms with Crippen molar-refractivity contribution in [1.29, 1.82) is 0 Å². The maximum absolute atomic E-state index is 6.00. The molecule has 0 aliphatic heterocycles.